The number of β-amino-alcohol motifs (C(OH)–C–C–N with tert-alkyl or cyclic N) is 1. The summed E-state index contributed by atoms with van der Waals surface area (Å²) in [4.78, 5) is 23.1. The first kappa shape index (κ1) is 19.1. The van der Waals surface area contributed by atoms with Crippen LogP contribution in [-0.2, 0) is 6.54 Å². The molecule has 2 aliphatic rings. The van der Waals surface area contributed by atoms with Gasteiger partial charge in [-0.15, -0.1) is 6.58 Å². The minimum Gasteiger partial charge on any atom is -0.447 e. The zero-order valence-corrected chi connectivity index (χ0v) is 15.5. The van der Waals surface area contributed by atoms with Crippen LogP contribution in [-0.4, -0.2) is 82.6 Å². The fraction of sp³-hybridized carbons (Fsp3) is 0.684. The Morgan fingerprint density at radius 2 is 1.92 bits per heavy atom. The summed E-state index contributed by atoms with van der Waals surface area (Å²) < 4.78 is 5.52. The SMILES string of the molecule is C=CCC[C@@H](O)CN1CCN(Cc2nc(C(=O)N3CCCC3)co2)CC1. The van der Waals surface area contributed by atoms with E-state index in [-0.39, 0.29) is 12.0 Å². The first-order valence-electron chi connectivity index (χ1n) is 9.63. The van der Waals surface area contributed by atoms with E-state index >= 15 is 0 Å². The third kappa shape index (κ3) is 5.16. The molecule has 0 bridgehead atoms. The standard InChI is InChI=1S/C19H30N4O3/c1-2-3-6-16(24)13-21-9-11-22(12-10-21)14-18-20-17(15-26-18)19(25)23-7-4-5-8-23/h2,15-16,24H,1,3-14H2/t16-/m1/s1. The molecule has 7 nitrogen and oxygen atoms in total. The number of hydrogen-bond donors (Lipinski definition) is 1. The van der Waals surface area contributed by atoms with Crippen molar-refractivity contribution in [2.45, 2.75) is 38.3 Å². The summed E-state index contributed by atoms with van der Waals surface area (Å²) in [6.07, 6.45) is 6.82. The number of aliphatic hydroxyl groups is 1. The van der Waals surface area contributed by atoms with E-state index in [0.29, 0.717) is 18.1 Å². The van der Waals surface area contributed by atoms with Gasteiger partial charge < -0.3 is 14.4 Å². The quantitative estimate of drug-likeness (QED) is 0.704. The fourth-order valence-electron chi connectivity index (χ4n) is 3.58. The van der Waals surface area contributed by atoms with E-state index in [1.807, 2.05) is 11.0 Å². The van der Waals surface area contributed by atoms with Crippen molar-refractivity contribution < 1.29 is 14.3 Å². The molecule has 0 unspecified atom stereocenters. The van der Waals surface area contributed by atoms with E-state index < -0.39 is 0 Å². The Labute approximate surface area is 155 Å². The van der Waals surface area contributed by atoms with Crippen molar-refractivity contribution in [3.8, 4) is 0 Å². The zero-order valence-electron chi connectivity index (χ0n) is 15.5. The molecule has 1 aromatic rings. The van der Waals surface area contributed by atoms with Crippen LogP contribution in [0.4, 0.5) is 0 Å². The molecule has 0 saturated carbocycles. The van der Waals surface area contributed by atoms with Gasteiger partial charge in [0.2, 0.25) is 5.89 Å². The highest BCUT2D eigenvalue weighted by atomic mass is 16.3. The first-order valence-corrected chi connectivity index (χ1v) is 9.63. The van der Waals surface area contributed by atoms with Crippen LogP contribution >= 0.6 is 0 Å². The average molecular weight is 362 g/mol. The third-order valence-corrected chi connectivity index (χ3v) is 5.16. The number of carbonyl (C=O) groups is 1. The van der Waals surface area contributed by atoms with Gasteiger partial charge >= 0.3 is 0 Å². The number of piperazine rings is 1. The number of aliphatic hydroxyl groups excluding tert-OH is 1. The molecule has 3 heterocycles. The third-order valence-electron chi connectivity index (χ3n) is 5.16. The van der Waals surface area contributed by atoms with Gasteiger partial charge in [-0.2, -0.15) is 0 Å². The molecule has 1 amide bonds. The highest BCUT2D eigenvalue weighted by Crippen LogP contribution is 2.14. The van der Waals surface area contributed by atoms with Crippen molar-refractivity contribution in [3.05, 3.63) is 30.5 Å². The topological polar surface area (TPSA) is 73.1 Å². The number of hydrogen-bond acceptors (Lipinski definition) is 6. The molecule has 1 N–H and O–H groups in total. The molecule has 0 radical (unpaired) electrons. The van der Waals surface area contributed by atoms with Crippen LogP contribution in [0.3, 0.4) is 0 Å². The van der Waals surface area contributed by atoms with Gasteiger partial charge in [-0.1, -0.05) is 6.08 Å². The normalized spacial score (nSPS) is 20.4. The average Bonchev–Trinajstić information content (AvgIpc) is 3.33. The van der Waals surface area contributed by atoms with Gasteiger partial charge in [0.25, 0.3) is 5.91 Å². The summed E-state index contributed by atoms with van der Waals surface area (Å²) in [5.74, 6) is 0.586. The minimum absolute atomic E-state index is 0.0177. The van der Waals surface area contributed by atoms with E-state index in [1.165, 1.54) is 6.26 Å². The second-order valence-electron chi connectivity index (χ2n) is 7.22. The molecule has 1 aromatic heterocycles. The van der Waals surface area contributed by atoms with Gasteiger partial charge in [0.1, 0.15) is 6.26 Å². The molecule has 7 heteroatoms. The van der Waals surface area contributed by atoms with Gasteiger partial charge in [-0.05, 0) is 25.7 Å². The van der Waals surface area contributed by atoms with Crippen molar-refractivity contribution in [3.63, 3.8) is 0 Å². The largest absolute Gasteiger partial charge is 0.447 e. The van der Waals surface area contributed by atoms with Gasteiger partial charge in [0.05, 0.1) is 12.6 Å². The van der Waals surface area contributed by atoms with Crippen LogP contribution in [0.25, 0.3) is 0 Å². The van der Waals surface area contributed by atoms with E-state index in [4.69, 9.17) is 4.42 Å². The molecule has 2 saturated heterocycles. The van der Waals surface area contributed by atoms with E-state index in [0.717, 1.165) is 71.5 Å². The molecule has 3 rings (SSSR count). The first-order chi connectivity index (χ1) is 12.7. The number of carbonyl (C=O) groups excluding carboxylic acids is 1. The van der Waals surface area contributed by atoms with Crippen molar-refractivity contribution in [2.24, 2.45) is 0 Å². The van der Waals surface area contributed by atoms with Crippen LogP contribution in [0, 0.1) is 0 Å². The lowest BCUT2D eigenvalue weighted by molar-refractivity contribution is 0.0642. The van der Waals surface area contributed by atoms with Crippen LogP contribution in [0.1, 0.15) is 42.1 Å². The molecule has 26 heavy (non-hydrogen) atoms. The van der Waals surface area contributed by atoms with E-state index in [1.54, 1.807) is 0 Å². The number of aromatic nitrogens is 1. The lowest BCUT2D eigenvalue weighted by atomic mass is 10.1. The maximum Gasteiger partial charge on any atom is 0.275 e. The van der Waals surface area contributed by atoms with E-state index in [2.05, 4.69) is 21.4 Å². The fourth-order valence-corrected chi connectivity index (χ4v) is 3.58. The summed E-state index contributed by atoms with van der Waals surface area (Å²) in [7, 11) is 0. The summed E-state index contributed by atoms with van der Waals surface area (Å²) in [5, 5.41) is 10.0. The summed E-state index contributed by atoms with van der Waals surface area (Å²) in [6, 6.07) is 0. The Hall–Kier alpha value is -1.70. The van der Waals surface area contributed by atoms with E-state index in [9.17, 15) is 9.90 Å². The predicted molar refractivity (Wildman–Crippen MR) is 98.8 cm³/mol. The molecule has 1 atom stereocenters. The van der Waals surface area contributed by atoms with Crippen molar-refractivity contribution >= 4 is 5.91 Å². The van der Waals surface area contributed by atoms with Crippen molar-refractivity contribution in [1.29, 1.82) is 0 Å². The number of nitrogens with zero attached hydrogens (tertiary/aromatic N) is 4. The molecule has 2 aliphatic heterocycles. The number of allylic oxidation sites excluding steroid dienone is 1. The van der Waals surface area contributed by atoms with Crippen LogP contribution < -0.4 is 0 Å². The van der Waals surface area contributed by atoms with Crippen LogP contribution in [0.15, 0.2) is 23.3 Å². The Morgan fingerprint density at radius 1 is 1.23 bits per heavy atom. The summed E-state index contributed by atoms with van der Waals surface area (Å²) in [5.41, 5.74) is 0.422. The van der Waals surface area contributed by atoms with Gasteiger partial charge in [-0.3, -0.25) is 14.6 Å². The Morgan fingerprint density at radius 3 is 2.62 bits per heavy atom. The van der Waals surface area contributed by atoms with Gasteiger partial charge in [-0.25, -0.2) is 4.98 Å². The summed E-state index contributed by atoms with van der Waals surface area (Å²) in [6.45, 7) is 10.3. The molecular formula is C19H30N4O3. The monoisotopic (exact) mass is 362 g/mol. The highest BCUT2D eigenvalue weighted by Gasteiger charge is 2.24. The number of oxazole rings is 1. The molecular weight excluding hydrogens is 332 g/mol. The second-order valence-corrected chi connectivity index (χ2v) is 7.22. The number of rotatable bonds is 8. The van der Waals surface area contributed by atoms with Crippen molar-refractivity contribution in [1.82, 2.24) is 19.7 Å². The highest BCUT2D eigenvalue weighted by molar-refractivity contribution is 5.92. The molecule has 0 aromatic carbocycles. The van der Waals surface area contributed by atoms with Crippen LogP contribution in [0.2, 0.25) is 0 Å². The van der Waals surface area contributed by atoms with Gasteiger partial charge in [0.15, 0.2) is 5.69 Å². The predicted octanol–water partition coefficient (Wildman–Crippen LogP) is 1.36. The molecule has 0 aliphatic carbocycles. The second kappa shape index (κ2) is 9.30. The lowest BCUT2D eigenvalue weighted by Crippen LogP contribution is -2.48. The van der Waals surface area contributed by atoms with Crippen molar-refractivity contribution in [2.75, 3.05) is 45.8 Å². The smallest absolute Gasteiger partial charge is 0.275 e. The maximum atomic E-state index is 12.3. The van der Waals surface area contributed by atoms with Crippen LogP contribution in [0.5, 0.6) is 0 Å². The Kier molecular flexibility index (Phi) is 6.82. The van der Waals surface area contributed by atoms with Gasteiger partial charge in [0, 0.05) is 45.8 Å². The number of likely N-dealkylation sites (tertiary alicyclic amines) is 1. The zero-order chi connectivity index (χ0) is 18.4. The molecule has 144 valence electrons. The minimum atomic E-state index is -0.287. The Bertz CT molecular complexity index is 589. The molecule has 2 fully saturated rings. The Balaban J connectivity index is 1.42. The maximum absolute atomic E-state index is 12.3. The molecule has 0 spiro atoms. The summed E-state index contributed by atoms with van der Waals surface area (Å²) >= 11 is 0. The lowest BCUT2D eigenvalue weighted by Gasteiger charge is -2.34. The number of amides is 1.